The maximum absolute atomic E-state index is 12.0. The van der Waals surface area contributed by atoms with Gasteiger partial charge in [0.05, 0.1) is 5.56 Å². The number of rotatable bonds is 5. The van der Waals surface area contributed by atoms with Crippen molar-refractivity contribution >= 4 is 29.2 Å². The third-order valence-electron chi connectivity index (χ3n) is 3.63. The molecule has 0 aliphatic heterocycles. The molecule has 0 saturated carbocycles. The predicted octanol–water partition coefficient (Wildman–Crippen LogP) is 3.06. The first-order valence-electron chi connectivity index (χ1n) is 7.77. The molecule has 25 heavy (non-hydrogen) atoms. The van der Waals surface area contributed by atoms with Gasteiger partial charge < -0.3 is 15.4 Å². The molecule has 2 aromatic rings. The molecule has 0 bridgehead atoms. The molecule has 2 N–H and O–H groups in total. The van der Waals surface area contributed by atoms with Crippen molar-refractivity contribution in [2.45, 2.75) is 20.8 Å². The second-order valence-corrected chi connectivity index (χ2v) is 5.63. The second-order valence-electron chi connectivity index (χ2n) is 5.63. The van der Waals surface area contributed by atoms with E-state index in [0.29, 0.717) is 11.4 Å². The van der Waals surface area contributed by atoms with E-state index >= 15 is 0 Å². The van der Waals surface area contributed by atoms with E-state index in [9.17, 15) is 14.4 Å². The molecule has 130 valence electrons. The Morgan fingerprint density at radius 3 is 2.44 bits per heavy atom. The van der Waals surface area contributed by atoms with Gasteiger partial charge in [-0.3, -0.25) is 9.59 Å². The number of hydrogen-bond donors (Lipinski definition) is 2. The molecule has 0 fully saturated rings. The molecular weight excluding hydrogens is 320 g/mol. The summed E-state index contributed by atoms with van der Waals surface area (Å²) in [7, 11) is 0. The van der Waals surface area contributed by atoms with Crippen LogP contribution in [0.3, 0.4) is 0 Å². The summed E-state index contributed by atoms with van der Waals surface area (Å²) in [6.45, 7) is 4.84. The number of amides is 2. The highest BCUT2D eigenvalue weighted by atomic mass is 16.5. The van der Waals surface area contributed by atoms with Crippen molar-refractivity contribution in [3.05, 3.63) is 59.2 Å². The molecule has 0 heterocycles. The fraction of sp³-hybridized carbons (Fsp3) is 0.211. The van der Waals surface area contributed by atoms with E-state index in [0.717, 1.165) is 11.1 Å². The first-order chi connectivity index (χ1) is 11.9. The summed E-state index contributed by atoms with van der Waals surface area (Å²) in [5.41, 5.74) is 3.45. The zero-order chi connectivity index (χ0) is 18.4. The van der Waals surface area contributed by atoms with E-state index in [1.165, 1.54) is 13.0 Å². The van der Waals surface area contributed by atoms with Crippen LogP contribution in [0.2, 0.25) is 0 Å². The maximum Gasteiger partial charge on any atom is 0.338 e. The lowest BCUT2D eigenvalue weighted by Crippen LogP contribution is -2.21. The molecule has 2 amide bonds. The summed E-state index contributed by atoms with van der Waals surface area (Å²) in [6.07, 6.45) is 0. The zero-order valence-corrected chi connectivity index (χ0v) is 14.4. The van der Waals surface area contributed by atoms with Crippen molar-refractivity contribution in [3.63, 3.8) is 0 Å². The largest absolute Gasteiger partial charge is 0.452 e. The van der Waals surface area contributed by atoms with Crippen LogP contribution in [0.1, 0.15) is 28.4 Å². The molecule has 6 nitrogen and oxygen atoms in total. The van der Waals surface area contributed by atoms with Gasteiger partial charge in [0.15, 0.2) is 6.61 Å². The van der Waals surface area contributed by atoms with Crippen LogP contribution in [-0.4, -0.2) is 24.4 Å². The number of ether oxygens (including phenoxy) is 1. The van der Waals surface area contributed by atoms with Crippen LogP contribution in [0.5, 0.6) is 0 Å². The van der Waals surface area contributed by atoms with Gasteiger partial charge in [-0.1, -0.05) is 18.2 Å². The maximum atomic E-state index is 12.0. The van der Waals surface area contributed by atoms with Crippen molar-refractivity contribution in [1.29, 1.82) is 0 Å². The highest BCUT2D eigenvalue weighted by Gasteiger charge is 2.12. The van der Waals surface area contributed by atoms with Gasteiger partial charge in [0.25, 0.3) is 5.91 Å². The van der Waals surface area contributed by atoms with Crippen LogP contribution >= 0.6 is 0 Å². The van der Waals surface area contributed by atoms with E-state index in [4.69, 9.17) is 4.74 Å². The minimum absolute atomic E-state index is 0.238. The number of nitrogens with one attached hydrogen (secondary N) is 2. The molecular formula is C19H20N2O4. The van der Waals surface area contributed by atoms with E-state index in [1.54, 1.807) is 24.3 Å². The second kappa shape index (κ2) is 8.10. The Kier molecular flexibility index (Phi) is 5.89. The third kappa shape index (κ3) is 5.17. The SMILES string of the molecule is CC(=O)Nc1cccc(C(=O)OCC(=O)Nc2cccc(C)c2C)c1. The lowest BCUT2D eigenvalue weighted by Gasteiger charge is -2.11. The lowest BCUT2D eigenvalue weighted by molar-refractivity contribution is -0.119. The fourth-order valence-electron chi connectivity index (χ4n) is 2.21. The third-order valence-corrected chi connectivity index (χ3v) is 3.63. The standard InChI is InChI=1S/C19H20N2O4/c1-12-6-4-9-17(13(12)2)21-18(23)11-25-19(24)15-7-5-8-16(10-15)20-14(3)22/h4-10H,11H2,1-3H3,(H,20,22)(H,21,23). The number of anilines is 2. The first kappa shape index (κ1) is 18.2. The van der Waals surface area contributed by atoms with Gasteiger partial charge >= 0.3 is 5.97 Å². The van der Waals surface area contributed by atoms with Crippen LogP contribution < -0.4 is 10.6 Å². The van der Waals surface area contributed by atoms with Gasteiger partial charge in [-0.05, 0) is 49.2 Å². The van der Waals surface area contributed by atoms with Crippen molar-refractivity contribution < 1.29 is 19.1 Å². The Bertz CT molecular complexity index is 815. The van der Waals surface area contributed by atoms with Crippen molar-refractivity contribution in [1.82, 2.24) is 0 Å². The Hall–Kier alpha value is -3.15. The number of carbonyl (C=O) groups is 3. The average Bonchev–Trinajstić information content (AvgIpc) is 2.56. The molecule has 0 unspecified atom stereocenters. The smallest absolute Gasteiger partial charge is 0.338 e. The number of carbonyl (C=O) groups excluding carboxylic acids is 3. The van der Waals surface area contributed by atoms with Gasteiger partial charge in [0.1, 0.15) is 0 Å². The van der Waals surface area contributed by atoms with Crippen LogP contribution in [0, 0.1) is 13.8 Å². The van der Waals surface area contributed by atoms with E-state index in [-0.39, 0.29) is 11.5 Å². The molecule has 6 heteroatoms. The number of benzene rings is 2. The van der Waals surface area contributed by atoms with Gasteiger partial charge in [0, 0.05) is 18.3 Å². The molecule has 0 radical (unpaired) electrons. The first-order valence-corrected chi connectivity index (χ1v) is 7.77. The molecule has 0 aliphatic carbocycles. The van der Waals surface area contributed by atoms with Crippen LogP contribution in [0.15, 0.2) is 42.5 Å². The number of esters is 1. The van der Waals surface area contributed by atoms with Gasteiger partial charge in [-0.15, -0.1) is 0 Å². The summed E-state index contributed by atoms with van der Waals surface area (Å²) in [5, 5.41) is 5.31. The molecule has 0 aliphatic rings. The zero-order valence-electron chi connectivity index (χ0n) is 14.4. The van der Waals surface area contributed by atoms with E-state index < -0.39 is 18.5 Å². The fourth-order valence-corrected chi connectivity index (χ4v) is 2.21. The predicted molar refractivity (Wildman–Crippen MR) is 95.6 cm³/mol. The van der Waals surface area contributed by atoms with Crippen molar-refractivity contribution in [2.24, 2.45) is 0 Å². The van der Waals surface area contributed by atoms with Crippen LogP contribution in [0.4, 0.5) is 11.4 Å². The van der Waals surface area contributed by atoms with Crippen LogP contribution in [0.25, 0.3) is 0 Å². The summed E-state index contributed by atoms with van der Waals surface area (Å²) in [6, 6.07) is 11.9. The monoisotopic (exact) mass is 340 g/mol. The minimum Gasteiger partial charge on any atom is -0.452 e. The molecule has 2 aromatic carbocycles. The van der Waals surface area contributed by atoms with Gasteiger partial charge in [-0.2, -0.15) is 0 Å². The number of aryl methyl sites for hydroxylation is 1. The molecule has 0 atom stereocenters. The number of hydrogen-bond acceptors (Lipinski definition) is 4. The molecule has 2 rings (SSSR count). The van der Waals surface area contributed by atoms with E-state index in [1.807, 2.05) is 26.0 Å². The topological polar surface area (TPSA) is 84.5 Å². The Labute approximate surface area is 146 Å². The summed E-state index contributed by atoms with van der Waals surface area (Å²) >= 11 is 0. The Balaban J connectivity index is 1.94. The summed E-state index contributed by atoms with van der Waals surface area (Å²) < 4.78 is 5.03. The van der Waals surface area contributed by atoms with Crippen molar-refractivity contribution in [2.75, 3.05) is 17.2 Å². The highest BCUT2D eigenvalue weighted by Crippen LogP contribution is 2.18. The lowest BCUT2D eigenvalue weighted by atomic mass is 10.1. The highest BCUT2D eigenvalue weighted by molar-refractivity contribution is 5.97. The summed E-state index contributed by atoms with van der Waals surface area (Å²) in [5.74, 6) is -1.29. The quantitative estimate of drug-likeness (QED) is 0.819. The Morgan fingerprint density at radius 1 is 1.00 bits per heavy atom. The minimum atomic E-state index is -0.636. The summed E-state index contributed by atoms with van der Waals surface area (Å²) in [4.78, 5) is 35.1. The normalized spacial score (nSPS) is 10.0. The van der Waals surface area contributed by atoms with E-state index in [2.05, 4.69) is 10.6 Å². The van der Waals surface area contributed by atoms with Crippen LogP contribution in [-0.2, 0) is 14.3 Å². The van der Waals surface area contributed by atoms with Crippen molar-refractivity contribution in [3.8, 4) is 0 Å². The van der Waals surface area contributed by atoms with Gasteiger partial charge in [0.2, 0.25) is 5.91 Å². The Morgan fingerprint density at radius 2 is 1.72 bits per heavy atom. The average molecular weight is 340 g/mol. The van der Waals surface area contributed by atoms with Gasteiger partial charge in [-0.25, -0.2) is 4.79 Å². The molecule has 0 spiro atoms. The molecule has 0 saturated heterocycles. The molecule has 0 aromatic heterocycles.